The average Bonchev–Trinajstić information content (AvgIpc) is 3.21. The minimum absolute atomic E-state index is 0.0368. The quantitative estimate of drug-likeness (QED) is 0.763. The second-order valence-corrected chi connectivity index (χ2v) is 9.28. The molecule has 4 heterocycles. The van der Waals surface area contributed by atoms with Gasteiger partial charge in [0.2, 0.25) is 17.6 Å². The fourth-order valence-electron chi connectivity index (χ4n) is 5.01. The molecule has 2 aromatic heterocycles. The summed E-state index contributed by atoms with van der Waals surface area (Å²) >= 11 is 0. The average molecular weight is 410 g/mol. The molecule has 2 atom stereocenters. The number of piperidine rings is 2. The van der Waals surface area contributed by atoms with Gasteiger partial charge in [0, 0.05) is 38.3 Å². The van der Waals surface area contributed by atoms with Crippen molar-refractivity contribution in [3.8, 4) is 11.4 Å². The van der Waals surface area contributed by atoms with E-state index in [4.69, 9.17) is 4.52 Å². The molecule has 160 valence electrons. The van der Waals surface area contributed by atoms with Crippen LogP contribution in [0.25, 0.3) is 11.4 Å². The Labute approximate surface area is 177 Å². The van der Waals surface area contributed by atoms with Gasteiger partial charge in [-0.3, -0.25) is 4.79 Å². The summed E-state index contributed by atoms with van der Waals surface area (Å²) in [5.41, 5.74) is 0.895. The highest BCUT2D eigenvalue weighted by Crippen LogP contribution is 2.37. The molecule has 30 heavy (non-hydrogen) atoms. The minimum Gasteiger partial charge on any atom is -0.355 e. The molecule has 2 aromatic rings. The van der Waals surface area contributed by atoms with Gasteiger partial charge in [-0.25, -0.2) is 4.98 Å². The molecule has 7 nitrogen and oxygen atoms in total. The molecule has 2 saturated heterocycles. The Kier molecular flexibility index (Phi) is 5.44. The number of amides is 1. The highest BCUT2D eigenvalue weighted by Gasteiger charge is 2.33. The molecule has 0 bridgehead atoms. The van der Waals surface area contributed by atoms with E-state index in [1.54, 1.807) is 0 Å². The van der Waals surface area contributed by atoms with Crippen LogP contribution in [0.15, 0.2) is 22.9 Å². The van der Waals surface area contributed by atoms with E-state index < -0.39 is 0 Å². The van der Waals surface area contributed by atoms with E-state index in [9.17, 15) is 4.79 Å². The number of carbonyl (C=O) groups is 1. The summed E-state index contributed by atoms with van der Waals surface area (Å²) in [5, 5.41) is 4.25. The SMILES string of the molecule is C[C@@H]1CCCN(C(=O)[C@H]2CCCN(c3ncccc3-c3noc(C4CCC4)n3)C2)C1. The van der Waals surface area contributed by atoms with Crippen LogP contribution in [0.5, 0.6) is 0 Å². The van der Waals surface area contributed by atoms with E-state index in [0.717, 1.165) is 69.0 Å². The lowest BCUT2D eigenvalue weighted by Crippen LogP contribution is -2.48. The summed E-state index contributed by atoms with van der Waals surface area (Å²) in [7, 11) is 0. The topological polar surface area (TPSA) is 75.4 Å². The first kappa shape index (κ1) is 19.5. The number of rotatable bonds is 4. The molecule has 0 aromatic carbocycles. The van der Waals surface area contributed by atoms with Crippen LogP contribution in [0, 0.1) is 11.8 Å². The number of pyridine rings is 1. The molecule has 1 aliphatic carbocycles. The number of hydrogen-bond acceptors (Lipinski definition) is 6. The van der Waals surface area contributed by atoms with E-state index >= 15 is 0 Å². The van der Waals surface area contributed by atoms with Crippen LogP contribution in [0.2, 0.25) is 0 Å². The van der Waals surface area contributed by atoms with Crippen LogP contribution in [-0.4, -0.2) is 52.1 Å². The summed E-state index contributed by atoms with van der Waals surface area (Å²) in [6.45, 7) is 5.66. The van der Waals surface area contributed by atoms with E-state index in [2.05, 4.69) is 31.8 Å². The van der Waals surface area contributed by atoms with Gasteiger partial charge in [-0.1, -0.05) is 18.5 Å². The fraction of sp³-hybridized carbons (Fsp3) is 0.652. The number of likely N-dealkylation sites (tertiary alicyclic amines) is 1. The predicted molar refractivity (Wildman–Crippen MR) is 114 cm³/mol. The van der Waals surface area contributed by atoms with Crippen molar-refractivity contribution in [3.63, 3.8) is 0 Å². The molecule has 0 N–H and O–H groups in total. The normalized spacial score (nSPS) is 25.2. The summed E-state index contributed by atoms with van der Waals surface area (Å²) < 4.78 is 5.55. The molecule has 3 aliphatic rings. The maximum absolute atomic E-state index is 13.2. The second-order valence-electron chi connectivity index (χ2n) is 9.28. The van der Waals surface area contributed by atoms with E-state index in [1.165, 1.54) is 12.8 Å². The third-order valence-electron chi connectivity index (χ3n) is 6.96. The highest BCUT2D eigenvalue weighted by molar-refractivity contribution is 5.80. The molecule has 3 fully saturated rings. The largest absolute Gasteiger partial charge is 0.355 e. The lowest BCUT2D eigenvalue weighted by atomic mass is 9.85. The third-order valence-corrected chi connectivity index (χ3v) is 6.96. The van der Waals surface area contributed by atoms with Crippen LogP contribution in [-0.2, 0) is 4.79 Å². The van der Waals surface area contributed by atoms with Crippen molar-refractivity contribution in [1.29, 1.82) is 0 Å². The van der Waals surface area contributed by atoms with Gasteiger partial charge < -0.3 is 14.3 Å². The van der Waals surface area contributed by atoms with Gasteiger partial charge in [-0.15, -0.1) is 0 Å². The summed E-state index contributed by atoms with van der Waals surface area (Å²) in [6, 6.07) is 3.93. The van der Waals surface area contributed by atoms with Crippen molar-refractivity contribution in [2.24, 2.45) is 11.8 Å². The number of hydrogen-bond donors (Lipinski definition) is 0. The Hall–Kier alpha value is -2.44. The molecule has 7 heteroatoms. The van der Waals surface area contributed by atoms with Crippen molar-refractivity contribution in [3.05, 3.63) is 24.2 Å². The monoisotopic (exact) mass is 409 g/mol. The van der Waals surface area contributed by atoms with Crippen molar-refractivity contribution in [2.45, 2.75) is 57.8 Å². The first-order valence-corrected chi connectivity index (χ1v) is 11.5. The van der Waals surface area contributed by atoms with Gasteiger partial charge in [0.1, 0.15) is 5.82 Å². The van der Waals surface area contributed by atoms with Crippen molar-refractivity contribution >= 4 is 11.7 Å². The van der Waals surface area contributed by atoms with Gasteiger partial charge in [0.05, 0.1) is 11.5 Å². The van der Waals surface area contributed by atoms with Gasteiger partial charge in [-0.05, 0) is 56.6 Å². The summed E-state index contributed by atoms with van der Waals surface area (Å²) in [4.78, 5) is 26.9. The van der Waals surface area contributed by atoms with Crippen LogP contribution in [0.3, 0.4) is 0 Å². The molecule has 0 unspecified atom stereocenters. The van der Waals surface area contributed by atoms with Crippen LogP contribution in [0.1, 0.15) is 63.7 Å². The molecule has 5 rings (SSSR count). The molecule has 1 amide bonds. The summed E-state index contributed by atoms with van der Waals surface area (Å²) in [6.07, 6.45) is 9.61. The Morgan fingerprint density at radius 2 is 1.97 bits per heavy atom. The Bertz CT molecular complexity index is 893. The zero-order chi connectivity index (χ0) is 20.5. The van der Waals surface area contributed by atoms with E-state index in [-0.39, 0.29) is 5.92 Å². The zero-order valence-corrected chi connectivity index (χ0v) is 17.8. The number of aromatic nitrogens is 3. The highest BCUT2D eigenvalue weighted by atomic mass is 16.5. The minimum atomic E-state index is 0.0368. The van der Waals surface area contributed by atoms with Gasteiger partial charge >= 0.3 is 0 Å². The van der Waals surface area contributed by atoms with E-state index in [1.807, 2.05) is 18.3 Å². The fourth-order valence-corrected chi connectivity index (χ4v) is 5.01. The number of nitrogens with zero attached hydrogens (tertiary/aromatic N) is 5. The van der Waals surface area contributed by atoms with Crippen molar-refractivity contribution in [2.75, 3.05) is 31.1 Å². The van der Waals surface area contributed by atoms with Crippen LogP contribution in [0.4, 0.5) is 5.82 Å². The molecule has 2 aliphatic heterocycles. The lowest BCUT2D eigenvalue weighted by Gasteiger charge is -2.38. The number of anilines is 1. The second kappa shape index (κ2) is 8.36. The summed E-state index contributed by atoms with van der Waals surface area (Å²) in [5.74, 6) is 3.59. The molecular weight excluding hydrogens is 378 g/mol. The maximum atomic E-state index is 13.2. The van der Waals surface area contributed by atoms with Crippen molar-refractivity contribution in [1.82, 2.24) is 20.0 Å². The Morgan fingerprint density at radius 3 is 2.77 bits per heavy atom. The van der Waals surface area contributed by atoms with Crippen LogP contribution >= 0.6 is 0 Å². The van der Waals surface area contributed by atoms with E-state index in [0.29, 0.717) is 30.1 Å². The number of carbonyl (C=O) groups excluding carboxylic acids is 1. The van der Waals surface area contributed by atoms with Crippen molar-refractivity contribution < 1.29 is 9.32 Å². The maximum Gasteiger partial charge on any atom is 0.230 e. The molecular formula is C23H31N5O2. The van der Waals surface area contributed by atoms with Crippen LogP contribution < -0.4 is 4.90 Å². The smallest absolute Gasteiger partial charge is 0.230 e. The Morgan fingerprint density at radius 1 is 1.10 bits per heavy atom. The molecule has 0 radical (unpaired) electrons. The van der Waals surface area contributed by atoms with Gasteiger partial charge in [0.15, 0.2) is 0 Å². The zero-order valence-electron chi connectivity index (χ0n) is 17.8. The predicted octanol–water partition coefficient (Wildman–Crippen LogP) is 3.87. The van der Waals surface area contributed by atoms with Gasteiger partial charge in [0.25, 0.3) is 0 Å². The standard InChI is InChI=1S/C23H31N5O2/c1-16-6-4-13-28(14-16)23(29)18-9-5-12-27(15-18)21-19(10-3-11-24-21)20-25-22(30-26-20)17-7-2-8-17/h3,10-11,16-18H,2,4-9,12-15H2,1H3/t16-,18+/m1/s1. The first-order valence-electron chi connectivity index (χ1n) is 11.5. The first-order chi connectivity index (χ1) is 14.7. The lowest BCUT2D eigenvalue weighted by molar-refractivity contribution is -0.137. The third kappa shape index (κ3) is 3.82. The Balaban J connectivity index is 1.34. The molecule has 1 saturated carbocycles. The van der Waals surface area contributed by atoms with Gasteiger partial charge in [-0.2, -0.15) is 4.98 Å². The molecule has 0 spiro atoms.